The molecule has 5 heteroatoms. The number of amidine groups is 1. The van der Waals surface area contributed by atoms with Crippen LogP contribution in [0, 0.1) is 5.41 Å². The molecule has 0 aliphatic carbocycles. The lowest BCUT2D eigenvalue weighted by molar-refractivity contribution is 0.434. The second kappa shape index (κ2) is 7.50. The van der Waals surface area contributed by atoms with Crippen LogP contribution in [-0.4, -0.2) is 43.5 Å². The molecule has 3 N–H and O–H groups in total. The third-order valence-electron chi connectivity index (χ3n) is 3.26. The number of hydrogen-bond acceptors (Lipinski definition) is 3. The van der Waals surface area contributed by atoms with Crippen LogP contribution in [0.3, 0.4) is 0 Å². The molecule has 0 amide bonds. The first-order valence-corrected chi connectivity index (χ1v) is 7.57. The molecule has 0 unspecified atom stereocenters. The number of nitrogens with one attached hydrogen (secondary N) is 3. The Morgan fingerprint density at radius 1 is 1.26 bits per heavy atom. The van der Waals surface area contributed by atoms with E-state index in [0.717, 1.165) is 61.6 Å². The van der Waals surface area contributed by atoms with Gasteiger partial charge in [-0.3, -0.25) is 5.41 Å². The van der Waals surface area contributed by atoms with Gasteiger partial charge in [-0.25, -0.2) is 0 Å². The van der Waals surface area contributed by atoms with E-state index in [2.05, 4.69) is 31.5 Å². The van der Waals surface area contributed by atoms with Gasteiger partial charge in [-0.15, -0.1) is 0 Å². The van der Waals surface area contributed by atoms with Crippen LogP contribution in [-0.2, 0) is 0 Å². The monoisotopic (exact) mass is 324 g/mol. The SMILES string of the molecule is N=C(CCNc1ccc(Br)cc1)N1CCCNCC1. The van der Waals surface area contributed by atoms with Gasteiger partial charge in [-0.2, -0.15) is 0 Å². The van der Waals surface area contributed by atoms with E-state index in [-0.39, 0.29) is 0 Å². The van der Waals surface area contributed by atoms with Gasteiger partial charge in [0.25, 0.3) is 0 Å². The van der Waals surface area contributed by atoms with Gasteiger partial charge in [-0.1, -0.05) is 15.9 Å². The van der Waals surface area contributed by atoms with Gasteiger partial charge in [-0.05, 0) is 37.2 Å². The zero-order valence-corrected chi connectivity index (χ0v) is 12.7. The highest BCUT2D eigenvalue weighted by atomic mass is 79.9. The van der Waals surface area contributed by atoms with E-state index in [1.54, 1.807) is 0 Å². The van der Waals surface area contributed by atoms with E-state index in [4.69, 9.17) is 5.41 Å². The summed E-state index contributed by atoms with van der Waals surface area (Å²) in [6.45, 7) is 4.83. The summed E-state index contributed by atoms with van der Waals surface area (Å²) in [6, 6.07) is 8.13. The van der Waals surface area contributed by atoms with E-state index in [1.165, 1.54) is 0 Å². The molecular formula is C14H21BrN4. The predicted molar refractivity (Wildman–Crippen MR) is 84.0 cm³/mol. The minimum absolute atomic E-state index is 0.744. The maximum atomic E-state index is 8.13. The zero-order chi connectivity index (χ0) is 13.5. The van der Waals surface area contributed by atoms with Gasteiger partial charge in [0.1, 0.15) is 0 Å². The molecule has 0 radical (unpaired) electrons. The van der Waals surface area contributed by atoms with Gasteiger partial charge >= 0.3 is 0 Å². The van der Waals surface area contributed by atoms with Crippen LogP contribution < -0.4 is 10.6 Å². The summed E-state index contributed by atoms with van der Waals surface area (Å²) in [5.74, 6) is 0.744. The Kier molecular flexibility index (Phi) is 5.66. The molecule has 1 saturated heterocycles. The van der Waals surface area contributed by atoms with Crippen LogP contribution in [0.25, 0.3) is 0 Å². The quantitative estimate of drug-likeness (QED) is 0.589. The van der Waals surface area contributed by atoms with E-state index in [9.17, 15) is 0 Å². The van der Waals surface area contributed by atoms with Crippen molar-refractivity contribution >= 4 is 27.5 Å². The molecule has 0 spiro atoms. The van der Waals surface area contributed by atoms with Gasteiger partial charge in [0.15, 0.2) is 0 Å². The van der Waals surface area contributed by atoms with Gasteiger partial charge in [0.2, 0.25) is 0 Å². The Labute approximate surface area is 123 Å². The zero-order valence-electron chi connectivity index (χ0n) is 11.1. The fourth-order valence-corrected chi connectivity index (χ4v) is 2.43. The van der Waals surface area contributed by atoms with Crippen LogP contribution >= 0.6 is 15.9 Å². The summed E-state index contributed by atoms with van der Waals surface area (Å²) >= 11 is 3.42. The predicted octanol–water partition coefficient (Wildman–Crippen LogP) is 2.52. The Morgan fingerprint density at radius 3 is 2.84 bits per heavy atom. The number of hydrogen-bond donors (Lipinski definition) is 3. The number of rotatable bonds is 4. The first-order valence-electron chi connectivity index (χ1n) is 6.78. The second-order valence-corrected chi connectivity index (χ2v) is 5.64. The molecule has 0 aromatic heterocycles. The van der Waals surface area contributed by atoms with E-state index >= 15 is 0 Å². The molecule has 4 nitrogen and oxygen atoms in total. The van der Waals surface area contributed by atoms with Crippen molar-refractivity contribution in [2.45, 2.75) is 12.8 Å². The highest BCUT2D eigenvalue weighted by molar-refractivity contribution is 9.10. The lowest BCUT2D eigenvalue weighted by Crippen LogP contribution is -2.34. The van der Waals surface area contributed by atoms with Crippen molar-refractivity contribution in [1.29, 1.82) is 5.41 Å². The van der Waals surface area contributed by atoms with Crippen molar-refractivity contribution in [2.24, 2.45) is 0 Å². The first-order chi connectivity index (χ1) is 9.25. The minimum atomic E-state index is 0.744. The van der Waals surface area contributed by atoms with Gasteiger partial charge in [0, 0.05) is 42.8 Å². The minimum Gasteiger partial charge on any atom is -0.385 e. The average molecular weight is 325 g/mol. The standard InChI is InChI=1S/C14H21BrN4/c15-12-2-4-13(5-3-12)18-8-6-14(16)19-10-1-7-17-9-11-19/h2-5,16-18H,1,6-11H2. The highest BCUT2D eigenvalue weighted by Gasteiger charge is 2.11. The molecule has 104 valence electrons. The summed E-state index contributed by atoms with van der Waals surface area (Å²) in [4.78, 5) is 2.18. The van der Waals surface area contributed by atoms with Crippen LogP contribution in [0.2, 0.25) is 0 Å². The number of halogens is 1. The largest absolute Gasteiger partial charge is 0.385 e. The van der Waals surface area contributed by atoms with Crippen molar-refractivity contribution in [1.82, 2.24) is 10.2 Å². The molecule has 2 rings (SSSR count). The van der Waals surface area contributed by atoms with Gasteiger partial charge in [0.05, 0.1) is 5.84 Å². The van der Waals surface area contributed by atoms with Crippen LogP contribution in [0.5, 0.6) is 0 Å². The topological polar surface area (TPSA) is 51.2 Å². The van der Waals surface area contributed by atoms with Crippen molar-refractivity contribution in [2.75, 3.05) is 38.0 Å². The molecule has 1 aliphatic rings. The van der Waals surface area contributed by atoms with Gasteiger partial charge < -0.3 is 15.5 Å². The maximum Gasteiger partial charge on any atom is 0.0975 e. The second-order valence-electron chi connectivity index (χ2n) is 4.72. The highest BCUT2D eigenvalue weighted by Crippen LogP contribution is 2.14. The molecule has 1 aromatic carbocycles. The van der Waals surface area contributed by atoms with E-state index in [0.29, 0.717) is 0 Å². The van der Waals surface area contributed by atoms with E-state index in [1.807, 2.05) is 24.3 Å². The Balaban J connectivity index is 1.72. The third kappa shape index (κ3) is 4.84. The summed E-state index contributed by atoms with van der Waals surface area (Å²) in [6.07, 6.45) is 1.90. The average Bonchev–Trinajstić information content (AvgIpc) is 2.70. The molecular weight excluding hydrogens is 304 g/mol. The molecule has 0 bridgehead atoms. The smallest absolute Gasteiger partial charge is 0.0975 e. The van der Waals surface area contributed by atoms with E-state index < -0.39 is 0 Å². The third-order valence-corrected chi connectivity index (χ3v) is 3.79. The molecule has 0 saturated carbocycles. The fraction of sp³-hybridized carbons (Fsp3) is 0.500. The van der Waals surface area contributed by atoms with Crippen LogP contribution in [0.1, 0.15) is 12.8 Å². The van der Waals surface area contributed by atoms with Crippen molar-refractivity contribution in [3.63, 3.8) is 0 Å². The lowest BCUT2D eigenvalue weighted by Gasteiger charge is -2.23. The van der Waals surface area contributed by atoms with Crippen LogP contribution in [0.4, 0.5) is 5.69 Å². The van der Waals surface area contributed by atoms with Crippen molar-refractivity contribution in [3.05, 3.63) is 28.7 Å². The molecule has 1 heterocycles. The summed E-state index contributed by atoms with van der Waals surface area (Å²) in [7, 11) is 0. The summed E-state index contributed by atoms with van der Waals surface area (Å²) in [5, 5.41) is 14.8. The summed E-state index contributed by atoms with van der Waals surface area (Å²) < 4.78 is 1.09. The van der Waals surface area contributed by atoms with Crippen molar-refractivity contribution < 1.29 is 0 Å². The number of anilines is 1. The normalized spacial score (nSPS) is 15.9. The first kappa shape index (κ1) is 14.3. The molecule has 1 fully saturated rings. The summed E-state index contributed by atoms with van der Waals surface area (Å²) in [5.41, 5.74) is 1.11. The lowest BCUT2D eigenvalue weighted by atomic mass is 10.3. The van der Waals surface area contributed by atoms with Crippen LogP contribution in [0.15, 0.2) is 28.7 Å². The maximum absolute atomic E-state index is 8.13. The number of nitrogens with zero attached hydrogens (tertiary/aromatic N) is 1. The number of benzene rings is 1. The Hall–Kier alpha value is -1.07. The Morgan fingerprint density at radius 2 is 2.05 bits per heavy atom. The molecule has 0 atom stereocenters. The molecule has 19 heavy (non-hydrogen) atoms. The molecule has 1 aromatic rings. The molecule has 1 aliphatic heterocycles. The Bertz CT molecular complexity index is 396. The fourth-order valence-electron chi connectivity index (χ4n) is 2.17. The van der Waals surface area contributed by atoms with Crippen molar-refractivity contribution in [3.8, 4) is 0 Å².